The second-order valence-electron chi connectivity index (χ2n) is 4.84. The number of carbonyl (C=O) groups is 1. The molecule has 0 aliphatic heterocycles. The number of nitrogen functional groups attached to an aromatic ring is 1. The number of carbonyl (C=O) groups excluding carboxylic acids is 1. The summed E-state index contributed by atoms with van der Waals surface area (Å²) in [5, 5.41) is 3.47. The number of likely N-dealkylation sites (N-methyl/N-ethyl adjacent to an activating group) is 1. The molecule has 2 rings (SSSR count). The van der Waals surface area contributed by atoms with Crippen LogP contribution in [0.2, 0.25) is 0 Å². The topological polar surface area (TPSA) is 71.2 Å². The van der Waals surface area contributed by atoms with Crippen LogP contribution in [-0.4, -0.2) is 29.4 Å². The molecule has 0 atom stereocenters. The van der Waals surface area contributed by atoms with Gasteiger partial charge in [0.15, 0.2) is 5.13 Å². The van der Waals surface area contributed by atoms with Gasteiger partial charge in [0, 0.05) is 27.8 Å². The van der Waals surface area contributed by atoms with Gasteiger partial charge in [-0.25, -0.2) is 4.98 Å². The minimum absolute atomic E-state index is 0.0413. The second kappa shape index (κ2) is 7.02. The Labute approximate surface area is 136 Å². The fourth-order valence-corrected chi connectivity index (χ4v) is 3.16. The number of thiazole rings is 1. The predicted octanol–water partition coefficient (Wildman–Crippen LogP) is 2.87. The van der Waals surface area contributed by atoms with Crippen molar-refractivity contribution in [1.29, 1.82) is 0 Å². The maximum Gasteiger partial charge on any atom is 0.238 e. The highest BCUT2D eigenvalue weighted by molar-refractivity contribution is 9.10. The molecule has 0 saturated carbocycles. The number of aromatic nitrogens is 1. The van der Waals surface area contributed by atoms with Gasteiger partial charge in [0.1, 0.15) is 0 Å². The molecule has 0 radical (unpaired) electrons. The van der Waals surface area contributed by atoms with Crippen molar-refractivity contribution in [1.82, 2.24) is 9.88 Å². The van der Waals surface area contributed by atoms with Crippen molar-refractivity contribution < 1.29 is 4.79 Å². The number of nitrogens with one attached hydrogen (secondary N) is 1. The molecule has 0 unspecified atom stereocenters. The van der Waals surface area contributed by atoms with Crippen molar-refractivity contribution in [3.8, 4) is 0 Å². The number of hydrogen-bond acceptors (Lipinski definition) is 5. The molecule has 0 spiro atoms. The molecule has 1 aromatic carbocycles. The van der Waals surface area contributed by atoms with E-state index in [2.05, 4.69) is 26.2 Å². The van der Waals surface area contributed by atoms with Crippen LogP contribution >= 0.6 is 27.3 Å². The van der Waals surface area contributed by atoms with Gasteiger partial charge in [0.25, 0.3) is 0 Å². The van der Waals surface area contributed by atoms with Crippen LogP contribution in [0.4, 0.5) is 10.8 Å². The summed E-state index contributed by atoms with van der Waals surface area (Å²) in [5.41, 5.74) is 7.45. The van der Waals surface area contributed by atoms with E-state index < -0.39 is 0 Å². The monoisotopic (exact) mass is 368 g/mol. The first kappa shape index (κ1) is 15.9. The van der Waals surface area contributed by atoms with E-state index in [1.165, 1.54) is 11.3 Å². The lowest BCUT2D eigenvalue weighted by Gasteiger charge is -2.15. The van der Waals surface area contributed by atoms with E-state index in [-0.39, 0.29) is 5.91 Å². The zero-order chi connectivity index (χ0) is 15.4. The lowest BCUT2D eigenvalue weighted by Crippen LogP contribution is -2.29. The third-order valence-corrected chi connectivity index (χ3v) is 4.18. The summed E-state index contributed by atoms with van der Waals surface area (Å²) >= 11 is 4.85. The molecule has 0 aliphatic carbocycles. The highest BCUT2D eigenvalue weighted by Crippen LogP contribution is 2.20. The molecule has 0 saturated heterocycles. The number of benzene rings is 1. The Morgan fingerprint density at radius 3 is 2.90 bits per heavy atom. The molecule has 21 heavy (non-hydrogen) atoms. The molecule has 2 aromatic rings. The van der Waals surface area contributed by atoms with Gasteiger partial charge in [-0.15, -0.1) is 11.3 Å². The van der Waals surface area contributed by atoms with Crippen LogP contribution < -0.4 is 11.1 Å². The van der Waals surface area contributed by atoms with Gasteiger partial charge < -0.3 is 11.1 Å². The van der Waals surface area contributed by atoms with Crippen LogP contribution in [0.5, 0.6) is 0 Å². The van der Waals surface area contributed by atoms with E-state index in [4.69, 9.17) is 5.73 Å². The number of nitrogens with two attached hydrogens (primary N) is 1. The normalized spacial score (nSPS) is 10.9. The Morgan fingerprint density at radius 2 is 2.29 bits per heavy atom. The van der Waals surface area contributed by atoms with Gasteiger partial charge in [0.2, 0.25) is 5.91 Å². The van der Waals surface area contributed by atoms with Crippen LogP contribution in [0.25, 0.3) is 0 Å². The van der Waals surface area contributed by atoms with Crippen molar-refractivity contribution in [3.05, 3.63) is 39.3 Å². The number of aryl methyl sites for hydroxylation is 1. The van der Waals surface area contributed by atoms with Crippen molar-refractivity contribution >= 4 is 44.0 Å². The molecule has 3 N–H and O–H groups in total. The quantitative estimate of drug-likeness (QED) is 0.850. The van der Waals surface area contributed by atoms with Crippen LogP contribution in [0.3, 0.4) is 0 Å². The summed E-state index contributed by atoms with van der Waals surface area (Å²) in [7, 11) is 1.89. The van der Waals surface area contributed by atoms with Gasteiger partial charge >= 0.3 is 0 Å². The molecule has 1 heterocycles. The number of anilines is 2. The third kappa shape index (κ3) is 4.80. The zero-order valence-electron chi connectivity index (χ0n) is 11.9. The van der Waals surface area contributed by atoms with Crippen molar-refractivity contribution in [2.24, 2.45) is 0 Å². The standard InChI is InChI=1S/C14H17BrN4OS/c1-9-5-10(15)3-4-12(9)18-13(20)8-19(2)7-11-6-17-14(16)21-11/h3-6H,7-8H2,1-2H3,(H2,16,17)(H,18,20). The summed E-state index contributed by atoms with van der Waals surface area (Å²) in [6, 6.07) is 5.77. The first-order valence-electron chi connectivity index (χ1n) is 6.39. The first-order valence-corrected chi connectivity index (χ1v) is 7.99. The number of halogens is 1. The molecular weight excluding hydrogens is 352 g/mol. The van der Waals surface area contributed by atoms with Crippen LogP contribution in [-0.2, 0) is 11.3 Å². The Hall–Kier alpha value is -1.44. The maximum absolute atomic E-state index is 12.1. The van der Waals surface area contributed by atoms with E-state index in [0.29, 0.717) is 18.2 Å². The first-order chi connectivity index (χ1) is 9.94. The summed E-state index contributed by atoms with van der Waals surface area (Å²) in [4.78, 5) is 19.0. The SMILES string of the molecule is Cc1cc(Br)ccc1NC(=O)CN(C)Cc1cnc(N)s1. The minimum Gasteiger partial charge on any atom is -0.375 e. The number of amides is 1. The Morgan fingerprint density at radius 1 is 1.52 bits per heavy atom. The zero-order valence-corrected chi connectivity index (χ0v) is 14.3. The highest BCUT2D eigenvalue weighted by atomic mass is 79.9. The Bertz CT molecular complexity index is 644. The Kier molecular flexibility index (Phi) is 5.33. The average Bonchev–Trinajstić information content (AvgIpc) is 2.78. The van der Waals surface area contributed by atoms with E-state index >= 15 is 0 Å². The summed E-state index contributed by atoms with van der Waals surface area (Å²) in [5.74, 6) is -0.0413. The largest absolute Gasteiger partial charge is 0.375 e. The number of nitrogens with zero attached hydrogens (tertiary/aromatic N) is 2. The van der Waals surface area contributed by atoms with Crippen molar-refractivity contribution in [3.63, 3.8) is 0 Å². The van der Waals surface area contributed by atoms with Gasteiger partial charge in [-0.05, 0) is 37.7 Å². The van der Waals surface area contributed by atoms with E-state index in [9.17, 15) is 4.79 Å². The molecule has 112 valence electrons. The summed E-state index contributed by atoms with van der Waals surface area (Å²) < 4.78 is 0.998. The molecule has 0 fully saturated rings. The molecular formula is C14H17BrN4OS. The summed E-state index contributed by atoms with van der Waals surface area (Å²) in [6.07, 6.45) is 1.74. The van der Waals surface area contributed by atoms with Gasteiger partial charge in [0.05, 0.1) is 6.54 Å². The van der Waals surface area contributed by atoms with Gasteiger partial charge in [-0.2, -0.15) is 0 Å². The van der Waals surface area contributed by atoms with Crippen molar-refractivity contribution in [2.45, 2.75) is 13.5 Å². The lowest BCUT2D eigenvalue weighted by molar-refractivity contribution is -0.117. The summed E-state index contributed by atoms with van der Waals surface area (Å²) in [6.45, 7) is 2.93. The molecule has 7 heteroatoms. The highest BCUT2D eigenvalue weighted by Gasteiger charge is 2.10. The number of rotatable bonds is 5. The predicted molar refractivity (Wildman–Crippen MR) is 90.4 cm³/mol. The minimum atomic E-state index is -0.0413. The second-order valence-corrected chi connectivity index (χ2v) is 6.91. The average molecular weight is 369 g/mol. The van der Waals surface area contributed by atoms with Gasteiger partial charge in [-0.3, -0.25) is 9.69 Å². The van der Waals surface area contributed by atoms with E-state index in [1.54, 1.807) is 6.20 Å². The molecule has 0 aliphatic rings. The smallest absolute Gasteiger partial charge is 0.238 e. The van der Waals surface area contributed by atoms with Crippen LogP contribution in [0.1, 0.15) is 10.4 Å². The van der Waals surface area contributed by atoms with E-state index in [0.717, 1.165) is 20.6 Å². The van der Waals surface area contributed by atoms with E-state index in [1.807, 2.05) is 37.1 Å². The molecule has 1 amide bonds. The van der Waals surface area contributed by atoms with Gasteiger partial charge in [-0.1, -0.05) is 15.9 Å². The molecule has 0 bridgehead atoms. The maximum atomic E-state index is 12.1. The molecule has 1 aromatic heterocycles. The van der Waals surface area contributed by atoms with Crippen LogP contribution in [0, 0.1) is 6.92 Å². The molecule has 5 nitrogen and oxygen atoms in total. The third-order valence-electron chi connectivity index (χ3n) is 2.87. The van der Waals surface area contributed by atoms with Crippen LogP contribution in [0.15, 0.2) is 28.9 Å². The fourth-order valence-electron chi connectivity index (χ4n) is 1.92. The Balaban J connectivity index is 1.89. The number of hydrogen-bond donors (Lipinski definition) is 2. The lowest BCUT2D eigenvalue weighted by atomic mass is 10.2. The fraction of sp³-hybridized carbons (Fsp3) is 0.286. The van der Waals surface area contributed by atoms with Crippen molar-refractivity contribution in [2.75, 3.05) is 24.6 Å².